The van der Waals surface area contributed by atoms with Crippen LogP contribution >= 0.6 is 25.3 Å². The lowest BCUT2D eigenvalue weighted by molar-refractivity contribution is -0.138. The van der Waals surface area contributed by atoms with Gasteiger partial charge in [0.05, 0.1) is 32.7 Å². The van der Waals surface area contributed by atoms with Crippen molar-refractivity contribution in [3.8, 4) is 0 Å². The first-order valence-corrected chi connectivity index (χ1v) is 8.68. The van der Waals surface area contributed by atoms with Gasteiger partial charge < -0.3 is 25.5 Å². The smallest absolute Gasteiger partial charge is 0.304 e. The summed E-state index contributed by atoms with van der Waals surface area (Å²) in [5.74, 6) is -1.60. The molecule has 0 rings (SSSR count). The molecule has 25 heavy (non-hydrogen) atoms. The van der Waals surface area contributed by atoms with Gasteiger partial charge >= 0.3 is 11.9 Å². The molecule has 7 nitrogen and oxygen atoms in total. The van der Waals surface area contributed by atoms with Crippen molar-refractivity contribution in [2.75, 3.05) is 19.8 Å². The summed E-state index contributed by atoms with van der Waals surface area (Å²) in [5.41, 5.74) is -0.667. The highest BCUT2D eigenvalue weighted by Gasteiger charge is 2.24. The van der Waals surface area contributed by atoms with Gasteiger partial charge in [-0.1, -0.05) is 34.6 Å². The molecule has 0 aliphatic carbocycles. The molecule has 0 aromatic rings. The van der Waals surface area contributed by atoms with Crippen molar-refractivity contribution >= 4 is 37.2 Å². The molecule has 0 radical (unpaired) electrons. The first-order chi connectivity index (χ1) is 11.1. The molecule has 152 valence electrons. The number of aliphatic hydroxyl groups is 3. The Morgan fingerprint density at radius 2 is 1.00 bits per heavy atom. The fourth-order valence-electron chi connectivity index (χ4n) is 1.23. The number of carbonyl (C=O) groups is 2. The van der Waals surface area contributed by atoms with E-state index in [0.717, 1.165) is 0 Å². The van der Waals surface area contributed by atoms with Crippen molar-refractivity contribution in [1.29, 1.82) is 0 Å². The van der Waals surface area contributed by atoms with E-state index >= 15 is 0 Å². The van der Waals surface area contributed by atoms with Gasteiger partial charge in [-0.3, -0.25) is 9.59 Å². The Hall–Kier alpha value is -0.480. The second kappa shape index (κ2) is 13.7. The number of rotatable bonds is 8. The summed E-state index contributed by atoms with van der Waals surface area (Å²) >= 11 is 8.03. The molecular weight excluding hydrogens is 368 g/mol. The van der Waals surface area contributed by atoms with Crippen LogP contribution in [0.4, 0.5) is 0 Å². The lowest BCUT2D eigenvalue weighted by Crippen LogP contribution is -2.32. The zero-order valence-corrected chi connectivity index (χ0v) is 17.5. The first-order valence-electron chi connectivity index (χ1n) is 7.79. The number of hydrogen-bond donors (Lipinski definition) is 7. The van der Waals surface area contributed by atoms with Gasteiger partial charge in [-0.15, -0.1) is 0 Å². The molecule has 5 N–H and O–H groups in total. The topological polar surface area (TPSA) is 135 Å². The summed E-state index contributed by atoms with van der Waals surface area (Å²) in [6.07, 6.45) is 0.808. The number of hydrogen-bond acceptors (Lipinski definition) is 7. The lowest BCUT2D eigenvalue weighted by atomic mass is 9.88. The molecule has 0 atom stereocenters. The van der Waals surface area contributed by atoms with Gasteiger partial charge in [0.1, 0.15) is 0 Å². The van der Waals surface area contributed by atoms with Crippen LogP contribution in [0.1, 0.15) is 53.9 Å². The van der Waals surface area contributed by atoms with E-state index < -0.39 is 17.4 Å². The fourth-order valence-corrected chi connectivity index (χ4v) is 1.50. The summed E-state index contributed by atoms with van der Waals surface area (Å²) in [6, 6.07) is 0. The zero-order valence-electron chi connectivity index (χ0n) is 15.7. The molecule has 0 saturated heterocycles. The molecule has 0 saturated carbocycles. The third kappa shape index (κ3) is 23.5. The van der Waals surface area contributed by atoms with Gasteiger partial charge in [-0.2, -0.15) is 25.3 Å². The summed E-state index contributed by atoms with van der Waals surface area (Å²) in [7, 11) is 0. The van der Waals surface area contributed by atoms with Crippen molar-refractivity contribution in [3.05, 3.63) is 0 Å². The Labute approximate surface area is 161 Å². The van der Waals surface area contributed by atoms with Crippen molar-refractivity contribution in [2.24, 2.45) is 5.41 Å². The number of aliphatic carboxylic acids is 2. The number of aliphatic hydroxyl groups excluding tert-OH is 3. The molecule has 0 unspecified atom stereocenters. The van der Waals surface area contributed by atoms with E-state index in [1.54, 1.807) is 27.7 Å². The van der Waals surface area contributed by atoms with Crippen LogP contribution in [-0.2, 0) is 9.59 Å². The summed E-state index contributed by atoms with van der Waals surface area (Å²) < 4.78 is -0.766. The van der Waals surface area contributed by atoms with Gasteiger partial charge in [0.2, 0.25) is 0 Å². The van der Waals surface area contributed by atoms with E-state index in [1.165, 1.54) is 0 Å². The Bertz CT molecular complexity index is 326. The van der Waals surface area contributed by atoms with E-state index in [2.05, 4.69) is 25.3 Å². The largest absolute Gasteiger partial charge is 0.481 e. The number of carboxylic acid groups (broad SMARTS) is 2. The Morgan fingerprint density at radius 1 is 0.760 bits per heavy atom. The minimum absolute atomic E-state index is 0.107. The van der Waals surface area contributed by atoms with Crippen LogP contribution in [0.2, 0.25) is 0 Å². The highest BCUT2D eigenvalue weighted by Crippen LogP contribution is 2.18. The number of carboxylic acids is 2. The summed E-state index contributed by atoms with van der Waals surface area (Å²) in [4.78, 5) is 19.9. The van der Waals surface area contributed by atoms with Crippen LogP contribution in [0.25, 0.3) is 0 Å². The second-order valence-electron chi connectivity index (χ2n) is 7.09. The van der Waals surface area contributed by atoms with Crippen molar-refractivity contribution < 1.29 is 35.1 Å². The zero-order chi connectivity index (χ0) is 20.9. The van der Waals surface area contributed by atoms with Crippen LogP contribution in [0.5, 0.6) is 0 Å². The predicted octanol–water partition coefficient (Wildman–Crippen LogP) is 1.70. The molecule has 9 heteroatoms. The van der Waals surface area contributed by atoms with E-state index in [0.29, 0.717) is 6.42 Å². The van der Waals surface area contributed by atoms with Crippen molar-refractivity contribution in [2.45, 2.75) is 63.4 Å². The Balaban J connectivity index is -0.000000291. The second-order valence-corrected chi connectivity index (χ2v) is 9.52. The Kier molecular flexibility index (Phi) is 16.0. The highest BCUT2D eigenvalue weighted by molar-refractivity contribution is 7.82. The molecule has 0 aromatic carbocycles. The van der Waals surface area contributed by atoms with Crippen LogP contribution < -0.4 is 0 Å². The van der Waals surface area contributed by atoms with E-state index in [9.17, 15) is 9.59 Å². The fraction of sp³-hybridized carbons (Fsp3) is 0.875. The molecule has 0 heterocycles. The van der Waals surface area contributed by atoms with E-state index in [1.807, 2.05) is 6.92 Å². The summed E-state index contributed by atoms with van der Waals surface area (Å²) in [5, 5.41) is 42.4. The molecule has 0 aliphatic heterocycles. The van der Waals surface area contributed by atoms with Gasteiger partial charge in [0, 0.05) is 14.9 Å². The molecular formula is C16H34O7S2. The molecule has 0 aromatic heterocycles. The normalized spacial score (nSPS) is 11.6. The summed E-state index contributed by atoms with van der Waals surface area (Å²) in [6.45, 7) is 8.43. The molecule has 0 bridgehead atoms. The standard InChI is InChI=1S/C6H14O3.2C5H10O2S/c1-2-6(3-7,4-8)5-9;2*1-5(2,8)3-4(6)7/h7-9H,2-5H2,1H3;2*8H,3H2,1-2H3,(H,6,7). The average molecular weight is 403 g/mol. The van der Waals surface area contributed by atoms with E-state index in [4.69, 9.17) is 25.5 Å². The minimum atomic E-state index is -0.801. The lowest BCUT2D eigenvalue weighted by Gasteiger charge is -2.24. The molecule has 0 spiro atoms. The minimum Gasteiger partial charge on any atom is -0.481 e. The third-order valence-corrected chi connectivity index (χ3v) is 3.24. The third-order valence-electron chi connectivity index (χ3n) is 2.92. The van der Waals surface area contributed by atoms with Crippen molar-refractivity contribution in [1.82, 2.24) is 0 Å². The van der Waals surface area contributed by atoms with Gasteiger partial charge in [0.25, 0.3) is 0 Å². The molecule has 0 fully saturated rings. The van der Waals surface area contributed by atoms with Gasteiger partial charge in [-0.25, -0.2) is 0 Å². The SMILES string of the molecule is CC(C)(S)CC(=O)O.CC(C)(S)CC(=O)O.CCC(CO)(CO)CO. The first kappa shape index (κ1) is 29.3. The van der Waals surface area contributed by atoms with Crippen LogP contribution in [-0.4, -0.2) is 66.8 Å². The maximum atomic E-state index is 9.97. The maximum absolute atomic E-state index is 9.97. The van der Waals surface area contributed by atoms with Crippen LogP contribution in [0.15, 0.2) is 0 Å². The maximum Gasteiger partial charge on any atom is 0.304 e. The Morgan fingerprint density at radius 3 is 1.00 bits per heavy atom. The quantitative estimate of drug-likeness (QED) is 0.307. The van der Waals surface area contributed by atoms with Crippen LogP contribution in [0, 0.1) is 5.41 Å². The van der Waals surface area contributed by atoms with E-state index in [-0.39, 0.29) is 42.2 Å². The monoisotopic (exact) mass is 402 g/mol. The van der Waals surface area contributed by atoms with Gasteiger partial charge in [-0.05, 0) is 6.42 Å². The average Bonchev–Trinajstić information content (AvgIpc) is 2.37. The number of thiol groups is 2. The highest BCUT2D eigenvalue weighted by atomic mass is 32.1. The van der Waals surface area contributed by atoms with Crippen molar-refractivity contribution in [3.63, 3.8) is 0 Å². The predicted molar refractivity (Wildman–Crippen MR) is 105 cm³/mol. The van der Waals surface area contributed by atoms with Gasteiger partial charge in [0.15, 0.2) is 0 Å². The molecule has 0 amide bonds. The van der Waals surface area contributed by atoms with Crippen LogP contribution in [0.3, 0.4) is 0 Å². The molecule has 0 aliphatic rings.